The summed E-state index contributed by atoms with van der Waals surface area (Å²) < 4.78 is 15.4. The van der Waals surface area contributed by atoms with Crippen LogP contribution in [-0.2, 0) is 23.8 Å². The summed E-state index contributed by atoms with van der Waals surface area (Å²) in [6.07, 6.45) is -0.0290. The second kappa shape index (κ2) is 5.87. The molecule has 0 aromatic rings. The predicted octanol–water partition coefficient (Wildman–Crippen LogP) is 1.00. The molecule has 0 aromatic carbocycles. The Morgan fingerprint density at radius 2 is 2.05 bits per heavy atom. The second-order valence-electron chi connectivity index (χ2n) is 6.88. The molecule has 0 saturated carbocycles. The van der Waals surface area contributed by atoms with Crippen LogP contribution in [0.15, 0.2) is 0 Å². The van der Waals surface area contributed by atoms with Crippen LogP contribution in [-0.4, -0.2) is 61.8 Å². The Balaban J connectivity index is 2.23. The summed E-state index contributed by atoms with van der Waals surface area (Å²) >= 11 is 0. The Morgan fingerprint density at radius 1 is 1.36 bits per heavy atom. The molecule has 0 bridgehead atoms. The van der Waals surface area contributed by atoms with Gasteiger partial charge < -0.3 is 19.1 Å². The molecule has 2 atom stereocenters. The molecule has 2 heterocycles. The molecule has 2 saturated heterocycles. The third-order valence-electron chi connectivity index (χ3n) is 3.98. The van der Waals surface area contributed by atoms with Crippen molar-refractivity contribution in [3.63, 3.8) is 0 Å². The van der Waals surface area contributed by atoms with Gasteiger partial charge in [0.15, 0.2) is 5.78 Å². The number of esters is 1. The van der Waals surface area contributed by atoms with Crippen LogP contribution in [0.3, 0.4) is 0 Å². The van der Waals surface area contributed by atoms with Crippen LogP contribution in [0.5, 0.6) is 0 Å². The Labute approximate surface area is 129 Å². The van der Waals surface area contributed by atoms with Crippen LogP contribution in [0, 0.1) is 11.3 Å². The molecule has 2 fully saturated rings. The number of carbonyl (C=O) groups excluding carboxylic acids is 3. The molecule has 1 amide bonds. The fourth-order valence-corrected chi connectivity index (χ4v) is 2.90. The first-order valence-corrected chi connectivity index (χ1v) is 7.36. The molecule has 2 rings (SSSR count). The van der Waals surface area contributed by atoms with E-state index >= 15 is 0 Å². The first-order valence-electron chi connectivity index (χ1n) is 7.36. The number of carbonyl (C=O) groups is 3. The zero-order valence-electron chi connectivity index (χ0n) is 13.5. The van der Waals surface area contributed by atoms with Gasteiger partial charge in [-0.25, -0.2) is 4.79 Å². The lowest BCUT2D eigenvalue weighted by Crippen LogP contribution is -2.58. The van der Waals surface area contributed by atoms with E-state index in [1.165, 1.54) is 12.0 Å². The predicted molar refractivity (Wildman–Crippen MR) is 76.2 cm³/mol. The van der Waals surface area contributed by atoms with Crippen molar-refractivity contribution < 1.29 is 28.6 Å². The molecule has 0 aromatic heterocycles. The molecule has 2 aliphatic rings. The van der Waals surface area contributed by atoms with Crippen LogP contribution in [0.25, 0.3) is 0 Å². The summed E-state index contributed by atoms with van der Waals surface area (Å²) in [4.78, 5) is 38.3. The van der Waals surface area contributed by atoms with Crippen molar-refractivity contribution in [2.24, 2.45) is 11.3 Å². The lowest BCUT2D eigenvalue weighted by atomic mass is 9.73. The van der Waals surface area contributed by atoms with Gasteiger partial charge in [-0.1, -0.05) is 0 Å². The number of likely N-dealkylation sites (tertiary alicyclic amines) is 1. The van der Waals surface area contributed by atoms with Crippen LogP contribution in [0.1, 0.15) is 27.2 Å². The third-order valence-corrected chi connectivity index (χ3v) is 3.98. The third kappa shape index (κ3) is 3.24. The SMILES string of the molecule is COC(=O)C1CN(C(=O)OC(C)(C)C)CC2(CCOC2)C1=O. The van der Waals surface area contributed by atoms with Crippen molar-refractivity contribution in [3.8, 4) is 0 Å². The van der Waals surface area contributed by atoms with E-state index in [0.29, 0.717) is 13.0 Å². The van der Waals surface area contributed by atoms with E-state index in [0.717, 1.165) is 0 Å². The lowest BCUT2D eigenvalue weighted by molar-refractivity contribution is -0.157. The summed E-state index contributed by atoms with van der Waals surface area (Å²) in [5.41, 5.74) is -1.47. The highest BCUT2D eigenvalue weighted by molar-refractivity contribution is 6.03. The zero-order chi connectivity index (χ0) is 16.5. The Kier molecular flexibility index (Phi) is 4.47. The minimum absolute atomic E-state index is 0.0117. The Hall–Kier alpha value is -1.63. The van der Waals surface area contributed by atoms with Gasteiger partial charge in [0.25, 0.3) is 0 Å². The number of hydrogen-bond acceptors (Lipinski definition) is 6. The number of rotatable bonds is 1. The van der Waals surface area contributed by atoms with Gasteiger partial charge in [0.05, 0.1) is 19.1 Å². The highest BCUT2D eigenvalue weighted by Crippen LogP contribution is 2.38. The molecule has 2 aliphatic heterocycles. The number of Topliss-reactive ketones (excluding diaryl/α,β-unsaturated/α-hetero) is 1. The highest BCUT2D eigenvalue weighted by Gasteiger charge is 2.53. The zero-order valence-corrected chi connectivity index (χ0v) is 13.5. The Bertz CT molecular complexity index is 475. The summed E-state index contributed by atoms with van der Waals surface area (Å²) in [5.74, 6) is -1.80. The molecule has 22 heavy (non-hydrogen) atoms. The van der Waals surface area contributed by atoms with Gasteiger partial charge in [-0.05, 0) is 27.2 Å². The van der Waals surface area contributed by atoms with Crippen LogP contribution in [0.2, 0.25) is 0 Å². The number of amides is 1. The molecule has 2 unspecified atom stereocenters. The van der Waals surface area contributed by atoms with Crippen LogP contribution >= 0.6 is 0 Å². The maximum Gasteiger partial charge on any atom is 0.410 e. The number of piperidine rings is 1. The standard InChI is InChI=1S/C15H23NO6/c1-14(2,3)22-13(19)16-7-10(12(18)20-4)11(17)15(8-16)5-6-21-9-15/h10H,5-9H2,1-4H3. The molecule has 1 spiro atoms. The smallest absolute Gasteiger partial charge is 0.410 e. The van der Waals surface area contributed by atoms with E-state index in [1.807, 2.05) is 0 Å². The number of methoxy groups -OCH3 is 1. The summed E-state index contributed by atoms with van der Waals surface area (Å²) in [6.45, 7) is 6.18. The summed E-state index contributed by atoms with van der Waals surface area (Å²) in [5, 5.41) is 0. The fraction of sp³-hybridized carbons (Fsp3) is 0.800. The van der Waals surface area contributed by atoms with Crippen molar-refractivity contribution in [1.82, 2.24) is 4.90 Å². The first kappa shape index (κ1) is 16.7. The summed E-state index contributed by atoms with van der Waals surface area (Å²) in [6, 6.07) is 0. The van der Waals surface area contributed by atoms with Crippen LogP contribution < -0.4 is 0 Å². The van der Waals surface area contributed by atoms with Crippen LogP contribution in [0.4, 0.5) is 4.79 Å². The largest absolute Gasteiger partial charge is 0.468 e. The van der Waals surface area contributed by atoms with E-state index in [-0.39, 0.29) is 25.5 Å². The van der Waals surface area contributed by atoms with Gasteiger partial charge in [-0.15, -0.1) is 0 Å². The van der Waals surface area contributed by atoms with Gasteiger partial charge in [0, 0.05) is 19.7 Å². The molecular weight excluding hydrogens is 290 g/mol. The van der Waals surface area contributed by atoms with Crippen molar-refractivity contribution in [1.29, 1.82) is 0 Å². The average Bonchev–Trinajstić information content (AvgIpc) is 2.88. The topological polar surface area (TPSA) is 82.1 Å². The number of hydrogen-bond donors (Lipinski definition) is 0. The maximum atomic E-state index is 12.6. The molecule has 7 heteroatoms. The molecular formula is C15H23NO6. The minimum Gasteiger partial charge on any atom is -0.468 e. The van der Waals surface area contributed by atoms with Crippen molar-refractivity contribution >= 4 is 17.8 Å². The van der Waals surface area contributed by atoms with E-state index in [4.69, 9.17) is 14.2 Å². The second-order valence-corrected chi connectivity index (χ2v) is 6.88. The van der Waals surface area contributed by atoms with Gasteiger partial charge in [-0.3, -0.25) is 9.59 Å². The first-order chi connectivity index (χ1) is 10.2. The monoisotopic (exact) mass is 313 g/mol. The van der Waals surface area contributed by atoms with E-state index < -0.39 is 29.0 Å². The normalized spacial score (nSPS) is 28.8. The maximum absolute atomic E-state index is 12.6. The Morgan fingerprint density at radius 3 is 2.55 bits per heavy atom. The van der Waals surface area contributed by atoms with Gasteiger partial charge in [0.2, 0.25) is 0 Å². The quantitative estimate of drug-likeness (QED) is 0.530. The fourth-order valence-electron chi connectivity index (χ4n) is 2.90. The number of ketones is 1. The number of ether oxygens (including phenoxy) is 3. The van der Waals surface area contributed by atoms with Crippen molar-refractivity contribution in [2.45, 2.75) is 32.8 Å². The molecule has 0 radical (unpaired) electrons. The van der Waals surface area contributed by atoms with E-state index in [1.54, 1.807) is 20.8 Å². The number of nitrogens with zero attached hydrogens (tertiary/aromatic N) is 1. The van der Waals surface area contributed by atoms with E-state index in [9.17, 15) is 14.4 Å². The van der Waals surface area contributed by atoms with Gasteiger partial charge >= 0.3 is 12.1 Å². The molecule has 0 aliphatic carbocycles. The molecule has 0 N–H and O–H groups in total. The van der Waals surface area contributed by atoms with E-state index in [2.05, 4.69) is 0 Å². The molecule has 7 nitrogen and oxygen atoms in total. The van der Waals surface area contributed by atoms with Gasteiger partial charge in [0.1, 0.15) is 11.5 Å². The van der Waals surface area contributed by atoms with Crippen molar-refractivity contribution in [2.75, 3.05) is 33.4 Å². The van der Waals surface area contributed by atoms with Crippen molar-refractivity contribution in [3.05, 3.63) is 0 Å². The lowest BCUT2D eigenvalue weighted by Gasteiger charge is -2.41. The minimum atomic E-state index is -0.979. The summed E-state index contributed by atoms with van der Waals surface area (Å²) in [7, 11) is 1.24. The average molecular weight is 313 g/mol. The molecule has 124 valence electrons. The highest BCUT2D eigenvalue weighted by atomic mass is 16.6. The van der Waals surface area contributed by atoms with Gasteiger partial charge in [-0.2, -0.15) is 0 Å².